The van der Waals surface area contributed by atoms with Gasteiger partial charge in [0.15, 0.2) is 10.5 Å². The standard InChI is InChI=1S/C7H13NO4S/c1-3-6(9)7(4-2,5-8)13(10,11)12/h3H,1,4-5,8H2,2H3,(H,10,11,12). The smallest absolute Gasteiger partial charge is 0.279 e. The maximum atomic E-state index is 11.2. The van der Waals surface area contributed by atoms with E-state index in [1.165, 1.54) is 6.92 Å². The van der Waals surface area contributed by atoms with Crippen LogP contribution in [0.4, 0.5) is 0 Å². The Kier molecular flexibility index (Phi) is 3.77. The second kappa shape index (κ2) is 3.99. The van der Waals surface area contributed by atoms with Crippen molar-refractivity contribution < 1.29 is 17.8 Å². The van der Waals surface area contributed by atoms with Crippen molar-refractivity contribution in [3.8, 4) is 0 Å². The molecule has 1 unspecified atom stereocenters. The van der Waals surface area contributed by atoms with Crippen LogP contribution in [0.5, 0.6) is 0 Å². The maximum Gasteiger partial charge on any atom is 0.279 e. The van der Waals surface area contributed by atoms with Crippen molar-refractivity contribution in [3.63, 3.8) is 0 Å². The third-order valence-electron chi connectivity index (χ3n) is 2.03. The van der Waals surface area contributed by atoms with E-state index in [9.17, 15) is 13.2 Å². The van der Waals surface area contributed by atoms with Gasteiger partial charge in [-0.25, -0.2) is 0 Å². The molecule has 1 atom stereocenters. The molecule has 0 aliphatic heterocycles. The van der Waals surface area contributed by atoms with Crippen LogP contribution in [0.25, 0.3) is 0 Å². The molecule has 0 aromatic heterocycles. The number of carbonyl (C=O) groups is 1. The Morgan fingerprint density at radius 2 is 2.15 bits per heavy atom. The van der Waals surface area contributed by atoms with Crippen LogP contribution in [0, 0.1) is 0 Å². The SMILES string of the molecule is C=CC(=O)C(CC)(CN)S(=O)(=O)O. The van der Waals surface area contributed by atoms with Gasteiger partial charge in [0.1, 0.15) is 0 Å². The van der Waals surface area contributed by atoms with Gasteiger partial charge < -0.3 is 5.73 Å². The number of rotatable bonds is 5. The first-order chi connectivity index (χ1) is 5.85. The molecule has 0 rings (SSSR count). The Labute approximate surface area is 77.4 Å². The topological polar surface area (TPSA) is 97.5 Å². The summed E-state index contributed by atoms with van der Waals surface area (Å²) in [6.45, 7) is 4.16. The van der Waals surface area contributed by atoms with Gasteiger partial charge in [-0.05, 0) is 12.5 Å². The zero-order chi connectivity index (χ0) is 10.7. The molecular weight excluding hydrogens is 194 g/mol. The largest absolute Gasteiger partial charge is 0.328 e. The minimum atomic E-state index is -4.48. The molecule has 0 heterocycles. The van der Waals surface area contributed by atoms with Gasteiger partial charge in [0.25, 0.3) is 10.1 Å². The third kappa shape index (κ3) is 1.96. The molecule has 0 aromatic carbocycles. The molecular formula is C7H13NO4S. The van der Waals surface area contributed by atoms with Gasteiger partial charge in [-0.3, -0.25) is 9.35 Å². The van der Waals surface area contributed by atoms with Crippen LogP contribution in [0.15, 0.2) is 12.7 Å². The average molecular weight is 207 g/mol. The molecule has 76 valence electrons. The minimum absolute atomic E-state index is 0.0762. The lowest BCUT2D eigenvalue weighted by molar-refractivity contribution is -0.117. The summed E-state index contributed by atoms with van der Waals surface area (Å²) in [6, 6.07) is 0. The summed E-state index contributed by atoms with van der Waals surface area (Å²) < 4.78 is 28.8. The molecule has 0 aliphatic rings. The van der Waals surface area contributed by atoms with Crippen LogP contribution in [0.3, 0.4) is 0 Å². The Balaban J connectivity index is 5.42. The first-order valence-corrected chi connectivity index (χ1v) is 5.13. The molecule has 0 radical (unpaired) electrons. The van der Waals surface area contributed by atoms with E-state index in [1.807, 2.05) is 0 Å². The van der Waals surface area contributed by atoms with Crippen LogP contribution in [-0.2, 0) is 14.9 Å². The van der Waals surface area contributed by atoms with Crippen LogP contribution in [-0.4, -0.2) is 30.0 Å². The van der Waals surface area contributed by atoms with E-state index in [-0.39, 0.29) is 6.42 Å². The fraction of sp³-hybridized carbons (Fsp3) is 0.571. The monoisotopic (exact) mass is 207 g/mol. The van der Waals surface area contributed by atoms with Gasteiger partial charge in [-0.1, -0.05) is 13.5 Å². The van der Waals surface area contributed by atoms with Gasteiger partial charge >= 0.3 is 0 Å². The highest BCUT2D eigenvalue weighted by atomic mass is 32.2. The molecule has 0 spiro atoms. The molecule has 0 aliphatic carbocycles. The zero-order valence-corrected chi connectivity index (χ0v) is 8.17. The summed E-state index contributed by atoms with van der Waals surface area (Å²) in [5, 5.41) is 0. The minimum Gasteiger partial charge on any atom is -0.328 e. The number of hydrogen-bond donors (Lipinski definition) is 2. The number of ketones is 1. The number of nitrogens with two attached hydrogens (primary N) is 1. The highest BCUT2D eigenvalue weighted by molar-refractivity contribution is 7.88. The molecule has 0 saturated heterocycles. The summed E-state index contributed by atoms with van der Waals surface area (Å²) in [5.74, 6) is -0.778. The van der Waals surface area contributed by atoms with E-state index in [0.717, 1.165) is 6.08 Å². The lowest BCUT2D eigenvalue weighted by atomic mass is 10.0. The normalized spacial score (nSPS) is 16.2. The molecule has 0 fully saturated rings. The number of hydrogen-bond acceptors (Lipinski definition) is 4. The van der Waals surface area contributed by atoms with Crippen LogP contribution >= 0.6 is 0 Å². The van der Waals surface area contributed by atoms with Crippen molar-refractivity contribution in [1.29, 1.82) is 0 Å². The summed E-state index contributed by atoms with van der Waals surface area (Å²) in [5.41, 5.74) is 5.17. The molecule has 0 aromatic rings. The van der Waals surface area contributed by atoms with Crippen LogP contribution < -0.4 is 5.73 Å². The molecule has 6 heteroatoms. The zero-order valence-electron chi connectivity index (χ0n) is 7.36. The van der Waals surface area contributed by atoms with Crippen molar-refractivity contribution in [2.45, 2.75) is 18.1 Å². The van der Waals surface area contributed by atoms with Crippen molar-refractivity contribution in [1.82, 2.24) is 0 Å². The quantitative estimate of drug-likeness (QED) is 0.478. The van der Waals surface area contributed by atoms with E-state index in [4.69, 9.17) is 10.3 Å². The predicted molar refractivity (Wildman–Crippen MR) is 48.8 cm³/mol. The average Bonchev–Trinajstić information content (AvgIpc) is 2.04. The van der Waals surface area contributed by atoms with E-state index in [0.29, 0.717) is 0 Å². The fourth-order valence-electron chi connectivity index (χ4n) is 1.02. The van der Waals surface area contributed by atoms with Gasteiger partial charge in [0.05, 0.1) is 0 Å². The Morgan fingerprint density at radius 3 is 2.23 bits per heavy atom. The van der Waals surface area contributed by atoms with Gasteiger partial charge in [0.2, 0.25) is 0 Å². The Bertz CT molecular complexity index is 302. The molecule has 0 saturated carbocycles. The first kappa shape index (κ1) is 12.3. The second-order valence-electron chi connectivity index (χ2n) is 2.60. The molecule has 5 nitrogen and oxygen atoms in total. The molecule has 3 N–H and O–H groups in total. The highest BCUT2D eigenvalue weighted by Crippen LogP contribution is 2.21. The molecule has 0 bridgehead atoms. The number of allylic oxidation sites excluding steroid dienone is 1. The van der Waals surface area contributed by atoms with Crippen molar-refractivity contribution >= 4 is 15.9 Å². The Morgan fingerprint density at radius 1 is 1.69 bits per heavy atom. The number of carbonyl (C=O) groups excluding carboxylic acids is 1. The van der Waals surface area contributed by atoms with E-state index < -0.39 is 27.2 Å². The predicted octanol–water partition coefficient (Wildman–Crippen LogP) is -0.263. The second-order valence-corrected chi connectivity index (χ2v) is 4.33. The van der Waals surface area contributed by atoms with E-state index in [2.05, 4.69) is 6.58 Å². The van der Waals surface area contributed by atoms with Crippen molar-refractivity contribution in [2.24, 2.45) is 5.73 Å². The molecule has 0 amide bonds. The highest BCUT2D eigenvalue weighted by Gasteiger charge is 2.45. The van der Waals surface area contributed by atoms with Gasteiger partial charge in [0, 0.05) is 6.54 Å². The van der Waals surface area contributed by atoms with E-state index >= 15 is 0 Å². The van der Waals surface area contributed by atoms with Crippen LogP contribution in [0.1, 0.15) is 13.3 Å². The summed E-state index contributed by atoms with van der Waals surface area (Å²) in [7, 11) is -4.48. The summed E-state index contributed by atoms with van der Waals surface area (Å²) in [4.78, 5) is 11.2. The summed E-state index contributed by atoms with van der Waals surface area (Å²) >= 11 is 0. The Hall–Kier alpha value is -0.720. The van der Waals surface area contributed by atoms with Gasteiger partial charge in [-0.2, -0.15) is 8.42 Å². The summed E-state index contributed by atoms with van der Waals surface area (Å²) in [6.07, 6.45) is 0.775. The maximum absolute atomic E-state index is 11.2. The fourth-order valence-corrected chi connectivity index (χ4v) is 1.93. The lowest BCUT2D eigenvalue weighted by Crippen LogP contribution is -2.51. The van der Waals surface area contributed by atoms with Gasteiger partial charge in [-0.15, -0.1) is 0 Å². The third-order valence-corrected chi connectivity index (χ3v) is 3.67. The van der Waals surface area contributed by atoms with Crippen molar-refractivity contribution in [2.75, 3.05) is 6.54 Å². The van der Waals surface area contributed by atoms with E-state index in [1.54, 1.807) is 0 Å². The molecule has 13 heavy (non-hydrogen) atoms. The van der Waals surface area contributed by atoms with Crippen molar-refractivity contribution in [3.05, 3.63) is 12.7 Å². The van der Waals surface area contributed by atoms with Crippen LogP contribution in [0.2, 0.25) is 0 Å². The first-order valence-electron chi connectivity index (χ1n) is 3.69. The lowest BCUT2D eigenvalue weighted by Gasteiger charge is -2.24.